The molecule has 5 heteroatoms. The van der Waals surface area contributed by atoms with E-state index in [1.165, 1.54) is 18.2 Å². The van der Waals surface area contributed by atoms with Gasteiger partial charge >= 0.3 is 5.97 Å². The molecule has 1 aromatic carbocycles. The Hall–Kier alpha value is -1.55. The third kappa shape index (κ3) is 3.55. The number of carboxylic acid groups (broad SMARTS) is 1. The third-order valence-corrected chi connectivity index (χ3v) is 2.12. The van der Waals surface area contributed by atoms with E-state index in [2.05, 4.69) is 11.9 Å². The Morgan fingerprint density at radius 2 is 2.31 bits per heavy atom. The number of hydrogen-bond acceptors (Lipinski definition) is 2. The van der Waals surface area contributed by atoms with E-state index in [9.17, 15) is 9.18 Å². The molecular formula is C11H11ClFNO2. The van der Waals surface area contributed by atoms with Crippen LogP contribution in [0.3, 0.4) is 0 Å². The molecule has 0 aliphatic carbocycles. The van der Waals surface area contributed by atoms with Gasteiger partial charge in [-0.3, -0.25) is 0 Å². The number of hydrogen-bond donors (Lipinski definition) is 2. The maximum absolute atomic E-state index is 13.0. The highest BCUT2D eigenvalue weighted by molar-refractivity contribution is 6.30. The molecule has 0 radical (unpaired) electrons. The minimum Gasteiger partial charge on any atom is -0.480 e. The molecule has 2 N–H and O–H groups in total. The Morgan fingerprint density at radius 3 is 2.81 bits per heavy atom. The summed E-state index contributed by atoms with van der Waals surface area (Å²) in [5, 5.41) is 11.7. The predicted octanol–water partition coefficient (Wildman–Crippen LogP) is 2.92. The molecule has 1 unspecified atom stereocenters. The summed E-state index contributed by atoms with van der Waals surface area (Å²) in [5.41, 5.74) is 0.333. The van der Waals surface area contributed by atoms with Gasteiger partial charge in [0.05, 0.1) is 0 Å². The van der Waals surface area contributed by atoms with Crippen molar-refractivity contribution in [3.05, 3.63) is 41.7 Å². The Balaban J connectivity index is 2.84. The predicted molar refractivity (Wildman–Crippen MR) is 61.3 cm³/mol. The quantitative estimate of drug-likeness (QED) is 0.782. The summed E-state index contributed by atoms with van der Waals surface area (Å²) in [6.07, 6.45) is 1.72. The molecule has 1 aromatic rings. The smallest absolute Gasteiger partial charge is 0.326 e. The van der Waals surface area contributed by atoms with E-state index in [-0.39, 0.29) is 11.4 Å². The number of carbonyl (C=O) groups is 1. The van der Waals surface area contributed by atoms with E-state index in [4.69, 9.17) is 16.7 Å². The molecule has 3 nitrogen and oxygen atoms in total. The minimum atomic E-state index is -1.03. The van der Waals surface area contributed by atoms with Crippen LogP contribution >= 0.6 is 11.6 Å². The highest BCUT2D eigenvalue weighted by atomic mass is 35.5. The molecule has 0 saturated heterocycles. The Kier molecular flexibility index (Phi) is 4.31. The Labute approximate surface area is 97.5 Å². The third-order valence-electron chi connectivity index (χ3n) is 1.90. The van der Waals surface area contributed by atoms with E-state index in [0.29, 0.717) is 5.69 Å². The number of rotatable bonds is 5. The fraction of sp³-hybridized carbons (Fsp3) is 0.182. The van der Waals surface area contributed by atoms with Crippen molar-refractivity contribution in [2.45, 2.75) is 12.5 Å². The molecule has 0 bridgehead atoms. The summed E-state index contributed by atoms with van der Waals surface area (Å²) in [7, 11) is 0. The van der Waals surface area contributed by atoms with Gasteiger partial charge in [-0.15, -0.1) is 6.58 Å². The van der Waals surface area contributed by atoms with Gasteiger partial charge in [-0.25, -0.2) is 9.18 Å². The Morgan fingerprint density at radius 1 is 1.62 bits per heavy atom. The molecule has 0 heterocycles. The van der Waals surface area contributed by atoms with Crippen molar-refractivity contribution in [2.24, 2.45) is 0 Å². The van der Waals surface area contributed by atoms with Gasteiger partial charge in [0.1, 0.15) is 11.9 Å². The first-order valence-electron chi connectivity index (χ1n) is 4.59. The number of halogens is 2. The number of carboxylic acids is 1. The minimum absolute atomic E-state index is 0.213. The fourth-order valence-corrected chi connectivity index (χ4v) is 1.45. The lowest BCUT2D eigenvalue weighted by molar-refractivity contribution is -0.137. The second-order valence-electron chi connectivity index (χ2n) is 3.22. The molecule has 1 rings (SSSR count). The number of aliphatic carboxylic acids is 1. The van der Waals surface area contributed by atoms with Crippen LogP contribution in [0.4, 0.5) is 10.1 Å². The zero-order valence-corrected chi connectivity index (χ0v) is 9.17. The molecule has 1 atom stereocenters. The van der Waals surface area contributed by atoms with Crippen LogP contribution < -0.4 is 5.32 Å². The molecule has 0 aliphatic rings. The lowest BCUT2D eigenvalue weighted by Gasteiger charge is -2.14. The SMILES string of the molecule is C=CCC(Nc1cc(F)cc(Cl)c1)C(=O)O. The van der Waals surface area contributed by atoms with E-state index in [0.717, 1.165) is 6.07 Å². The molecule has 0 fully saturated rings. The van der Waals surface area contributed by atoms with Crippen molar-refractivity contribution in [3.8, 4) is 0 Å². The van der Waals surface area contributed by atoms with Crippen LogP contribution in [0.15, 0.2) is 30.9 Å². The monoisotopic (exact) mass is 243 g/mol. The first-order chi connectivity index (χ1) is 7.52. The largest absolute Gasteiger partial charge is 0.480 e. The van der Waals surface area contributed by atoms with Crippen molar-refractivity contribution < 1.29 is 14.3 Å². The second kappa shape index (κ2) is 5.51. The van der Waals surface area contributed by atoms with Gasteiger partial charge in [-0.05, 0) is 24.6 Å². The lowest BCUT2D eigenvalue weighted by Crippen LogP contribution is -2.28. The lowest BCUT2D eigenvalue weighted by atomic mass is 10.2. The maximum atomic E-state index is 13.0. The van der Waals surface area contributed by atoms with E-state index < -0.39 is 17.8 Å². The highest BCUT2D eigenvalue weighted by Gasteiger charge is 2.15. The van der Waals surface area contributed by atoms with E-state index >= 15 is 0 Å². The average Bonchev–Trinajstić information content (AvgIpc) is 2.15. The summed E-state index contributed by atoms with van der Waals surface area (Å²) in [5.74, 6) is -1.54. The van der Waals surface area contributed by atoms with E-state index in [1.807, 2.05) is 0 Å². The summed E-state index contributed by atoms with van der Waals surface area (Å²) in [6, 6.07) is 2.96. The summed E-state index contributed by atoms with van der Waals surface area (Å²) in [4.78, 5) is 10.8. The summed E-state index contributed by atoms with van der Waals surface area (Å²) < 4.78 is 13.0. The van der Waals surface area contributed by atoms with Gasteiger partial charge in [0.15, 0.2) is 0 Å². The van der Waals surface area contributed by atoms with Crippen molar-refractivity contribution >= 4 is 23.3 Å². The van der Waals surface area contributed by atoms with Crippen LogP contribution in [0.5, 0.6) is 0 Å². The number of benzene rings is 1. The first-order valence-corrected chi connectivity index (χ1v) is 4.97. The number of anilines is 1. The Bertz CT molecular complexity index is 389. The van der Waals surface area contributed by atoms with Gasteiger partial charge in [-0.1, -0.05) is 17.7 Å². The summed E-state index contributed by atoms with van der Waals surface area (Å²) in [6.45, 7) is 3.46. The van der Waals surface area contributed by atoms with Crippen LogP contribution in [0.2, 0.25) is 5.02 Å². The van der Waals surface area contributed by atoms with Gasteiger partial charge in [-0.2, -0.15) is 0 Å². The highest BCUT2D eigenvalue weighted by Crippen LogP contribution is 2.19. The molecule has 16 heavy (non-hydrogen) atoms. The molecular weight excluding hydrogens is 233 g/mol. The topological polar surface area (TPSA) is 49.3 Å². The van der Waals surface area contributed by atoms with Crippen LogP contribution in [-0.4, -0.2) is 17.1 Å². The zero-order valence-electron chi connectivity index (χ0n) is 8.41. The van der Waals surface area contributed by atoms with Crippen LogP contribution in [-0.2, 0) is 4.79 Å². The van der Waals surface area contributed by atoms with Crippen molar-refractivity contribution in [1.82, 2.24) is 0 Å². The number of nitrogens with one attached hydrogen (secondary N) is 1. The fourth-order valence-electron chi connectivity index (χ4n) is 1.23. The standard InChI is InChI=1S/C11H11ClFNO2/c1-2-3-10(11(15)16)14-9-5-7(12)4-8(13)6-9/h2,4-6,10,14H,1,3H2,(H,15,16). The normalized spacial score (nSPS) is 11.9. The van der Waals surface area contributed by atoms with Crippen LogP contribution in [0, 0.1) is 5.82 Å². The van der Waals surface area contributed by atoms with Crippen LogP contribution in [0.25, 0.3) is 0 Å². The molecule has 86 valence electrons. The maximum Gasteiger partial charge on any atom is 0.326 e. The van der Waals surface area contributed by atoms with Gasteiger partial charge in [0.25, 0.3) is 0 Å². The molecule has 0 saturated carbocycles. The van der Waals surface area contributed by atoms with Gasteiger partial charge in [0.2, 0.25) is 0 Å². The zero-order chi connectivity index (χ0) is 12.1. The molecule has 0 aliphatic heterocycles. The molecule has 0 aromatic heterocycles. The van der Waals surface area contributed by atoms with Crippen molar-refractivity contribution in [3.63, 3.8) is 0 Å². The second-order valence-corrected chi connectivity index (χ2v) is 3.65. The van der Waals surface area contributed by atoms with Crippen molar-refractivity contribution in [1.29, 1.82) is 0 Å². The molecule has 0 spiro atoms. The van der Waals surface area contributed by atoms with Gasteiger partial charge < -0.3 is 10.4 Å². The van der Waals surface area contributed by atoms with Crippen LogP contribution in [0.1, 0.15) is 6.42 Å². The average molecular weight is 244 g/mol. The van der Waals surface area contributed by atoms with Gasteiger partial charge in [0, 0.05) is 10.7 Å². The van der Waals surface area contributed by atoms with E-state index in [1.54, 1.807) is 0 Å². The first kappa shape index (κ1) is 12.5. The van der Waals surface area contributed by atoms with Crippen molar-refractivity contribution in [2.75, 3.05) is 5.32 Å². The summed E-state index contributed by atoms with van der Waals surface area (Å²) >= 11 is 5.64. The molecule has 0 amide bonds.